The number of ether oxygens (including phenoxy) is 1. The van der Waals surface area contributed by atoms with Crippen LogP contribution in [0.15, 0.2) is 34.2 Å². The molecule has 1 aromatic heterocycles. The standard InChI is InChI=1S/C24H35N3O3S/c1-16(2)30-12-8-11-27-23(29)20-9-6-7-10-21(20)25-24(27)31-19(5)22(28)26-14-17(3)13-18(4)15-26/h6-7,9-10,16-19H,8,11-15H2,1-5H3/t17-,18-,19+/m1/s1. The van der Waals surface area contributed by atoms with E-state index >= 15 is 0 Å². The van der Waals surface area contributed by atoms with Crippen LogP contribution in [-0.2, 0) is 16.1 Å². The third-order valence-electron chi connectivity index (χ3n) is 5.61. The summed E-state index contributed by atoms with van der Waals surface area (Å²) in [6.45, 7) is 13.0. The summed E-state index contributed by atoms with van der Waals surface area (Å²) in [7, 11) is 0. The summed E-state index contributed by atoms with van der Waals surface area (Å²) in [5.74, 6) is 1.16. The zero-order chi connectivity index (χ0) is 22.5. The number of hydrogen-bond donors (Lipinski definition) is 0. The molecule has 0 bridgehead atoms. The summed E-state index contributed by atoms with van der Waals surface area (Å²) >= 11 is 1.39. The highest BCUT2D eigenvalue weighted by molar-refractivity contribution is 8.00. The fourth-order valence-corrected chi connectivity index (χ4v) is 5.30. The van der Waals surface area contributed by atoms with Gasteiger partial charge in [0.05, 0.1) is 22.3 Å². The summed E-state index contributed by atoms with van der Waals surface area (Å²) in [6, 6.07) is 7.41. The molecule has 1 amide bonds. The smallest absolute Gasteiger partial charge is 0.262 e. The fourth-order valence-electron chi connectivity index (χ4n) is 4.29. The van der Waals surface area contributed by atoms with Gasteiger partial charge in [-0.3, -0.25) is 14.2 Å². The summed E-state index contributed by atoms with van der Waals surface area (Å²) in [6.07, 6.45) is 2.04. The number of amides is 1. The van der Waals surface area contributed by atoms with Crippen LogP contribution in [0, 0.1) is 11.8 Å². The number of carbonyl (C=O) groups excluding carboxylic acids is 1. The Kier molecular flexibility index (Phi) is 8.17. The van der Waals surface area contributed by atoms with E-state index in [4.69, 9.17) is 9.72 Å². The van der Waals surface area contributed by atoms with Crippen LogP contribution in [-0.4, -0.2) is 51.4 Å². The van der Waals surface area contributed by atoms with Crippen LogP contribution in [0.1, 0.15) is 47.5 Å². The van der Waals surface area contributed by atoms with Crippen LogP contribution < -0.4 is 5.56 Å². The van der Waals surface area contributed by atoms with Crippen molar-refractivity contribution >= 4 is 28.6 Å². The first-order chi connectivity index (χ1) is 14.8. The van der Waals surface area contributed by atoms with Gasteiger partial charge in [-0.1, -0.05) is 37.7 Å². The van der Waals surface area contributed by atoms with Gasteiger partial charge in [-0.05, 0) is 57.6 Å². The van der Waals surface area contributed by atoms with E-state index < -0.39 is 0 Å². The van der Waals surface area contributed by atoms with Crippen molar-refractivity contribution in [3.63, 3.8) is 0 Å². The molecule has 6 nitrogen and oxygen atoms in total. The summed E-state index contributed by atoms with van der Waals surface area (Å²) < 4.78 is 7.36. The minimum Gasteiger partial charge on any atom is -0.379 e. The van der Waals surface area contributed by atoms with Gasteiger partial charge in [-0.2, -0.15) is 0 Å². The number of para-hydroxylation sites is 1. The highest BCUT2D eigenvalue weighted by Gasteiger charge is 2.29. The van der Waals surface area contributed by atoms with Gasteiger partial charge in [-0.25, -0.2) is 4.98 Å². The molecule has 0 N–H and O–H groups in total. The zero-order valence-electron chi connectivity index (χ0n) is 19.3. The van der Waals surface area contributed by atoms with Gasteiger partial charge in [0.2, 0.25) is 5.91 Å². The van der Waals surface area contributed by atoms with Crippen molar-refractivity contribution in [3.8, 4) is 0 Å². The molecular weight excluding hydrogens is 410 g/mol. The van der Waals surface area contributed by atoms with E-state index in [9.17, 15) is 9.59 Å². The van der Waals surface area contributed by atoms with E-state index in [2.05, 4.69) is 13.8 Å². The molecule has 1 aliphatic rings. The van der Waals surface area contributed by atoms with Gasteiger partial charge < -0.3 is 9.64 Å². The second-order valence-corrected chi connectivity index (χ2v) is 10.4. The predicted octanol–water partition coefficient (Wildman–Crippen LogP) is 4.20. The topological polar surface area (TPSA) is 64.4 Å². The molecule has 0 spiro atoms. The van der Waals surface area contributed by atoms with Crippen molar-refractivity contribution in [2.75, 3.05) is 19.7 Å². The summed E-state index contributed by atoms with van der Waals surface area (Å²) in [5, 5.41) is 0.908. The van der Waals surface area contributed by atoms with Crippen LogP contribution in [0.5, 0.6) is 0 Å². The molecule has 2 aromatic rings. The molecule has 3 atom stereocenters. The van der Waals surface area contributed by atoms with E-state index in [0.29, 0.717) is 41.0 Å². The molecule has 7 heteroatoms. The number of aromatic nitrogens is 2. The van der Waals surface area contributed by atoms with E-state index in [1.807, 2.05) is 49.9 Å². The van der Waals surface area contributed by atoms with E-state index in [1.54, 1.807) is 4.57 Å². The summed E-state index contributed by atoms with van der Waals surface area (Å²) in [4.78, 5) is 33.1. The lowest BCUT2D eigenvalue weighted by Gasteiger charge is -2.36. The normalized spacial score (nSPS) is 20.4. The molecule has 0 unspecified atom stereocenters. The predicted molar refractivity (Wildman–Crippen MR) is 127 cm³/mol. The summed E-state index contributed by atoms with van der Waals surface area (Å²) in [5.41, 5.74) is 0.613. The van der Waals surface area contributed by atoms with Crippen molar-refractivity contribution in [1.29, 1.82) is 0 Å². The zero-order valence-corrected chi connectivity index (χ0v) is 20.2. The third kappa shape index (κ3) is 6.10. The van der Waals surface area contributed by atoms with Crippen molar-refractivity contribution in [3.05, 3.63) is 34.6 Å². The van der Waals surface area contributed by atoms with Crippen LogP contribution in [0.4, 0.5) is 0 Å². The van der Waals surface area contributed by atoms with Gasteiger partial charge >= 0.3 is 0 Å². The van der Waals surface area contributed by atoms with Crippen molar-refractivity contribution in [2.45, 2.75) is 70.5 Å². The molecule has 0 saturated carbocycles. The Balaban J connectivity index is 1.82. The highest BCUT2D eigenvalue weighted by atomic mass is 32.2. The van der Waals surface area contributed by atoms with Gasteiger partial charge in [0, 0.05) is 26.2 Å². The quantitative estimate of drug-likeness (QED) is 0.346. The minimum atomic E-state index is -0.302. The lowest BCUT2D eigenvalue weighted by Crippen LogP contribution is -2.45. The first-order valence-corrected chi connectivity index (χ1v) is 12.2. The first kappa shape index (κ1) is 23.8. The van der Waals surface area contributed by atoms with E-state index in [1.165, 1.54) is 11.8 Å². The van der Waals surface area contributed by atoms with Crippen molar-refractivity contribution < 1.29 is 9.53 Å². The Morgan fingerprint density at radius 3 is 2.55 bits per heavy atom. The number of nitrogens with zero attached hydrogens (tertiary/aromatic N) is 3. The molecule has 1 aliphatic heterocycles. The number of carbonyl (C=O) groups is 1. The molecule has 1 saturated heterocycles. The van der Waals surface area contributed by atoms with Crippen LogP contribution >= 0.6 is 11.8 Å². The van der Waals surface area contributed by atoms with Crippen molar-refractivity contribution in [2.24, 2.45) is 11.8 Å². The number of benzene rings is 1. The average Bonchev–Trinajstić information content (AvgIpc) is 2.71. The molecule has 1 aromatic carbocycles. The number of thioether (sulfide) groups is 1. The van der Waals surface area contributed by atoms with Gasteiger partial charge in [0.25, 0.3) is 5.56 Å². The monoisotopic (exact) mass is 445 g/mol. The highest BCUT2D eigenvalue weighted by Crippen LogP contribution is 2.27. The third-order valence-corrected chi connectivity index (χ3v) is 6.69. The first-order valence-electron chi connectivity index (χ1n) is 11.3. The molecule has 1 fully saturated rings. The Morgan fingerprint density at radius 2 is 1.87 bits per heavy atom. The number of rotatable bonds is 8. The Hall–Kier alpha value is -1.86. The second-order valence-electron chi connectivity index (χ2n) is 9.09. The Labute approximate surface area is 189 Å². The number of likely N-dealkylation sites (tertiary alicyclic amines) is 1. The maximum absolute atomic E-state index is 13.2. The molecule has 31 heavy (non-hydrogen) atoms. The van der Waals surface area contributed by atoms with E-state index in [-0.39, 0.29) is 22.8 Å². The fraction of sp³-hybridized carbons (Fsp3) is 0.625. The number of fused-ring (bicyclic) bond motifs is 1. The maximum atomic E-state index is 13.2. The van der Waals surface area contributed by atoms with E-state index in [0.717, 1.165) is 25.9 Å². The SMILES string of the molecule is CC(C)OCCCn1c(S[C@@H](C)C(=O)N2C[C@H](C)C[C@@H](C)C2)nc2ccccc2c1=O. The molecule has 3 rings (SSSR count). The average molecular weight is 446 g/mol. The molecule has 2 heterocycles. The van der Waals surface area contributed by atoms with Crippen molar-refractivity contribution in [1.82, 2.24) is 14.5 Å². The lowest BCUT2D eigenvalue weighted by atomic mass is 9.92. The molecular formula is C24H35N3O3S. The largest absolute Gasteiger partial charge is 0.379 e. The van der Waals surface area contributed by atoms with Crippen LogP contribution in [0.3, 0.4) is 0 Å². The van der Waals surface area contributed by atoms with Gasteiger partial charge in [-0.15, -0.1) is 0 Å². The Bertz CT molecular complexity index is 949. The molecule has 0 radical (unpaired) electrons. The molecule has 170 valence electrons. The molecule has 0 aliphatic carbocycles. The van der Waals surface area contributed by atoms with Gasteiger partial charge in [0.1, 0.15) is 0 Å². The van der Waals surface area contributed by atoms with Gasteiger partial charge in [0.15, 0.2) is 5.16 Å². The van der Waals surface area contributed by atoms with Crippen LogP contribution in [0.2, 0.25) is 0 Å². The minimum absolute atomic E-state index is 0.0579. The number of hydrogen-bond acceptors (Lipinski definition) is 5. The lowest BCUT2D eigenvalue weighted by molar-refractivity contribution is -0.132. The number of piperidine rings is 1. The van der Waals surface area contributed by atoms with Crippen LogP contribution in [0.25, 0.3) is 10.9 Å². The second kappa shape index (κ2) is 10.6. The maximum Gasteiger partial charge on any atom is 0.262 e. The Morgan fingerprint density at radius 1 is 1.19 bits per heavy atom.